The summed E-state index contributed by atoms with van der Waals surface area (Å²) in [6.07, 6.45) is 51.3. The largest absolute Gasteiger partial charge is 0.196 e. The highest BCUT2D eigenvalue weighted by Crippen LogP contribution is 2.26. The molecule has 1 aromatic heterocycles. The molecule has 0 atom stereocenters. The molecule has 0 unspecified atom stereocenters. The highest BCUT2D eigenvalue weighted by molar-refractivity contribution is 8.04. The summed E-state index contributed by atoms with van der Waals surface area (Å²) in [5.41, 5.74) is 0. The zero-order chi connectivity index (χ0) is 42.9. The molecule has 0 aromatic carbocycles. The van der Waals surface area contributed by atoms with Crippen LogP contribution in [0, 0.1) is 0 Å². The SMILES string of the molecule is CCCCCCCCCCCCCCSCCSc1nc(SCCSCCCCCCCCCCCCCC)nc(SCCSCCCCCCCCCCCCCC)n1. The van der Waals surface area contributed by atoms with Gasteiger partial charge in [-0.1, -0.05) is 268 Å². The van der Waals surface area contributed by atoms with E-state index in [1.807, 2.05) is 35.3 Å². The zero-order valence-electron chi connectivity index (χ0n) is 40.1. The molecule has 0 N–H and O–H groups in total. The summed E-state index contributed by atoms with van der Waals surface area (Å²) in [6, 6.07) is 0. The van der Waals surface area contributed by atoms with Gasteiger partial charge in [-0.3, -0.25) is 0 Å². The van der Waals surface area contributed by atoms with Gasteiger partial charge in [0.15, 0.2) is 15.5 Å². The molecule has 0 radical (unpaired) electrons. The third-order valence-corrected chi connectivity index (χ3v) is 17.9. The van der Waals surface area contributed by atoms with Gasteiger partial charge in [-0.15, -0.1) is 0 Å². The molecular weight excluding hydrogens is 847 g/mol. The molecule has 0 aliphatic heterocycles. The molecule has 3 nitrogen and oxygen atoms in total. The molecule has 1 rings (SSSR count). The van der Waals surface area contributed by atoms with Crippen LogP contribution in [0.5, 0.6) is 0 Å². The molecule has 354 valence electrons. The third kappa shape index (κ3) is 44.3. The van der Waals surface area contributed by atoms with Crippen LogP contribution in [-0.2, 0) is 0 Å². The standard InChI is InChI=1S/C51H99N3S6/c1-4-7-10-13-16-19-22-25-28-31-34-37-40-55-43-46-58-49-52-50(59-47-44-56-41-38-35-32-29-26-23-20-17-14-11-8-5-2)54-51(53-49)60-48-45-57-42-39-36-33-30-27-24-21-18-15-12-9-6-3/h4-48H2,1-3H3. The van der Waals surface area contributed by atoms with E-state index < -0.39 is 0 Å². The topological polar surface area (TPSA) is 38.7 Å². The van der Waals surface area contributed by atoms with Crippen LogP contribution in [0.15, 0.2) is 15.5 Å². The fourth-order valence-electron chi connectivity index (χ4n) is 7.53. The van der Waals surface area contributed by atoms with E-state index >= 15 is 0 Å². The highest BCUT2D eigenvalue weighted by atomic mass is 32.2. The van der Waals surface area contributed by atoms with Crippen LogP contribution in [0.1, 0.15) is 252 Å². The van der Waals surface area contributed by atoms with E-state index in [2.05, 4.69) is 56.1 Å². The van der Waals surface area contributed by atoms with Gasteiger partial charge < -0.3 is 0 Å². The second-order valence-corrected chi connectivity index (χ2v) is 24.1. The lowest BCUT2D eigenvalue weighted by molar-refractivity contribution is 0.548. The van der Waals surface area contributed by atoms with Crippen molar-refractivity contribution in [3.8, 4) is 0 Å². The maximum Gasteiger partial charge on any atom is 0.192 e. The van der Waals surface area contributed by atoms with Gasteiger partial charge >= 0.3 is 0 Å². The molecule has 0 amide bonds. The Bertz CT molecular complexity index is 842. The van der Waals surface area contributed by atoms with Crippen LogP contribution in [0.2, 0.25) is 0 Å². The Morgan fingerprint density at radius 2 is 0.400 bits per heavy atom. The van der Waals surface area contributed by atoms with E-state index in [0.717, 1.165) is 32.7 Å². The van der Waals surface area contributed by atoms with Gasteiger partial charge in [0.25, 0.3) is 0 Å². The lowest BCUT2D eigenvalue weighted by Crippen LogP contribution is -2.00. The van der Waals surface area contributed by atoms with Gasteiger partial charge in [0.1, 0.15) is 0 Å². The molecule has 0 aliphatic carbocycles. The summed E-state index contributed by atoms with van der Waals surface area (Å²) in [5.74, 6) is 10.7. The summed E-state index contributed by atoms with van der Waals surface area (Å²) in [5, 5.41) is 2.82. The minimum atomic E-state index is 0.939. The van der Waals surface area contributed by atoms with Crippen LogP contribution in [-0.4, -0.2) is 66.7 Å². The van der Waals surface area contributed by atoms with Crippen LogP contribution >= 0.6 is 70.6 Å². The first-order valence-corrected chi connectivity index (χ1v) is 32.6. The van der Waals surface area contributed by atoms with E-state index in [1.54, 1.807) is 0 Å². The summed E-state index contributed by atoms with van der Waals surface area (Å²) < 4.78 is 0. The van der Waals surface area contributed by atoms with E-state index in [4.69, 9.17) is 15.0 Å². The number of thioether (sulfide) groups is 6. The molecule has 9 heteroatoms. The number of rotatable bonds is 51. The average molecular weight is 947 g/mol. The number of unbranched alkanes of at least 4 members (excludes halogenated alkanes) is 33. The predicted molar refractivity (Wildman–Crippen MR) is 287 cm³/mol. The molecule has 60 heavy (non-hydrogen) atoms. The molecule has 0 saturated carbocycles. The molecule has 0 saturated heterocycles. The van der Waals surface area contributed by atoms with Crippen LogP contribution in [0.25, 0.3) is 0 Å². The maximum atomic E-state index is 4.94. The molecule has 1 aromatic rings. The highest BCUT2D eigenvalue weighted by Gasteiger charge is 2.09. The predicted octanol–water partition coefficient (Wildman–Crippen LogP) is 19.5. The fraction of sp³-hybridized carbons (Fsp3) is 0.941. The summed E-state index contributed by atoms with van der Waals surface area (Å²) >= 11 is 11.9. The second-order valence-electron chi connectivity index (χ2n) is 17.2. The van der Waals surface area contributed by atoms with Crippen molar-refractivity contribution in [2.45, 2.75) is 267 Å². The Morgan fingerprint density at radius 3 is 0.600 bits per heavy atom. The van der Waals surface area contributed by atoms with E-state index in [1.165, 1.54) is 266 Å². The van der Waals surface area contributed by atoms with Crippen molar-refractivity contribution in [1.29, 1.82) is 0 Å². The Balaban J connectivity index is 2.26. The Kier molecular flexibility index (Phi) is 50.4. The van der Waals surface area contributed by atoms with Crippen molar-refractivity contribution in [2.75, 3.05) is 51.8 Å². The van der Waals surface area contributed by atoms with Gasteiger partial charge in [0.05, 0.1) is 0 Å². The van der Waals surface area contributed by atoms with E-state index in [0.29, 0.717) is 0 Å². The normalized spacial score (nSPS) is 11.7. The van der Waals surface area contributed by atoms with Gasteiger partial charge in [-0.2, -0.15) is 50.2 Å². The molecule has 1 heterocycles. The van der Waals surface area contributed by atoms with Crippen LogP contribution < -0.4 is 0 Å². The minimum absolute atomic E-state index is 0.939. The van der Waals surface area contributed by atoms with Crippen molar-refractivity contribution in [3.05, 3.63) is 0 Å². The molecular formula is C51H99N3S6. The summed E-state index contributed by atoms with van der Waals surface area (Å²) in [6.45, 7) is 6.92. The Labute approximate surface area is 401 Å². The third-order valence-electron chi connectivity index (χ3n) is 11.4. The molecule has 0 bridgehead atoms. The van der Waals surface area contributed by atoms with Gasteiger partial charge in [0, 0.05) is 34.5 Å². The van der Waals surface area contributed by atoms with Crippen LogP contribution in [0.4, 0.5) is 0 Å². The van der Waals surface area contributed by atoms with Gasteiger partial charge in [0.2, 0.25) is 0 Å². The minimum Gasteiger partial charge on any atom is -0.196 e. The average Bonchev–Trinajstić information content (AvgIpc) is 3.26. The van der Waals surface area contributed by atoms with Crippen LogP contribution in [0.3, 0.4) is 0 Å². The molecule has 0 aliphatic rings. The number of hydrogen-bond donors (Lipinski definition) is 0. The number of aromatic nitrogens is 3. The molecule has 0 fully saturated rings. The second kappa shape index (κ2) is 51.1. The Morgan fingerprint density at radius 1 is 0.217 bits per heavy atom. The molecule has 0 spiro atoms. The number of nitrogens with zero attached hydrogens (tertiary/aromatic N) is 3. The van der Waals surface area contributed by atoms with Crippen molar-refractivity contribution in [2.24, 2.45) is 0 Å². The first-order valence-electron chi connectivity index (χ1n) is 26.2. The van der Waals surface area contributed by atoms with Gasteiger partial charge in [-0.05, 0) is 36.5 Å². The zero-order valence-corrected chi connectivity index (χ0v) is 45.0. The van der Waals surface area contributed by atoms with E-state index in [-0.39, 0.29) is 0 Å². The Hall–Kier alpha value is 1.11. The van der Waals surface area contributed by atoms with Crippen molar-refractivity contribution in [3.63, 3.8) is 0 Å². The summed E-state index contributed by atoms with van der Waals surface area (Å²) in [4.78, 5) is 14.8. The smallest absolute Gasteiger partial charge is 0.192 e. The van der Waals surface area contributed by atoms with Gasteiger partial charge in [-0.25, -0.2) is 0 Å². The maximum absolute atomic E-state index is 4.94. The van der Waals surface area contributed by atoms with Crippen molar-refractivity contribution >= 4 is 70.6 Å². The summed E-state index contributed by atoms with van der Waals surface area (Å²) in [7, 11) is 0. The first kappa shape index (κ1) is 59.1. The quantitative estimate of drug-likeness (QED) is 0.0469. The fourth-order valence-corrected chi connectivity index (χ4v) is 13.4. The van der Waals surface area contributed by atoms with Crippen molar-refractivity contribution in [1.82, 2.24) is 15.0 Å². The monoisotopic (exact) mass is 946 g/mol. The lowest BCUT2D eigenvalue weighted by Gasteiger charge is -2.07. The van der Waals surface area contributed by atoms with E-state index in [9.17, 15) is 0 Å². The lowest BCUT2D eigenvalue weighted by atomic mass is 10.1. The first-order chi connectivity index (χ1) is 29.8. The number of hydrogen-bond acceptors (Lipinski definition) is 9. The van der Waals surface area contributed by atoms with Crippen molar-refractivity contribution < 1.29 is 0 Å².